The molecule has 0 saturated heterocycles. The van der Waals surface area contributed by atoms with Gasteiger partial charge in [-0.25, -0.2) is 0 Å². The molecule has 0 radical (unpaired) electrons. The summed E-state index contributed by atoms with van der Waals surface area (Å²) in [6.07, 6.45) is 0. The number of Topliss-reactive ketones (excluding diaryl/α,β-unsaturated/α-hetero) is 1. The Balaban J connectivity index is 2.20. The zero-order valence-electron chi connectivity index (χ0n) is 10.1. The van der Waals surface area contributed by atoms with Gasteiger partial charge in [0.2, 0.25) is 0 Å². The summed E-state index contributed by atoms with van der Waals surface area (Å²) in [7, 11) is -1.51. The molecule has 2 nitrogen and oxygen atoms in total. The third-order valence-electron chi connectivity index (χ3n) is 2.58. The molecule has 2 rings (SSSR count). The molecule has 0 bridgehead atoms. The van der Waals surface area contributed by atoms with Gasteiger partial charge in [0.25, 0.3) is 0 Å². The SMILES string of the molecule is O=C(CS(=O)c1ccccc1Cl)c1ccc(Cl)cc1Cl. The maximum absolute atomic E-state index is 12.2. The summed E-state index contributed by atoms with van der Waals surface area (Å²) in [6, 6.07) is 11.3. The van der Waals surface area contributed by atoms with Crippen molar-refractivity contribution in [3.8, 4) is 0 Å². The molecular weight excluding hydrogens is 339 g/mol. The van der Waals surface area contributed by atoms with E-state index in [1.807, 2.05) is 0 Å². The van der Waals surface area contributed by atoms with Gasteiger partial charge in [0, 0.05) is 10.6 Å². The molecule has 0 heterocycles. The second kappa shape index (κ2) is 6.72. The van der Waals surface area contributed by atoms with Crippen molar-refractivity contribution in [1.82, 2.24) is 0 Å². The quantitative estimate of drug-likeness (QED) is 0.755. The Morgan fingerprint density at radius 2 is 1.70 bits per heavy atom. The van der Waals surface area contributed by atoms with Gasteiger partial charge in [0.1, 0.15) is 0 Å². The molecule has 0 aliphatic rings. The lowest BCUT2D eigenvalue weighted by molar-refractivity contribution is 0.102. The molecule has 1 unspecified atom stereocenters. The molecule has 2 aromatic carbocycles. The standard InChI is InChI=1S/C14H9Cl3O2S/c15-9-5-6-10(12(17)7-9)13(18)8-20(19)14-4-2-1-3-11(14)16/h1-7H,8H2. The van der Waals surface area contributed by atoms with Crippen LogP contribution in [0.15, 0.2) is 47.4 Å². The van der Waals surface area contributed by atoms with Crippen LogP contribution < -0.4 is 0 Å². The topological polar surface area (TPSA) is 34.1 Å². The van der Waals surface area contributed by atoms with Gasteiger partial charge < -0.3 is 0 Å². The van der Waals surface area contributed by atoms with E-state index in [0.717, 1.165) is 0 Å². The lowest BCUT2D eigenvalue weighted by Crippen LogP contribution is -2.12. The van der Waals surface area contributed by atoms with Crippen LogP contribution in [0, 0.1) is 0 Å². The molecule has 20 heavy (non-hydrogen) atoms. The van der Waals surface area contributed by atoms with E-state index >= 15 is 0 Å². The van der Waals surface area contributed by atoms with Crippen molar-refractivity contribution >= 4 is 51.4 Å². The predicted molar refractivity (Wildman–Crippen MR) is 83.5 cm³/mol. The maximum Gasteiger partial charge on any atom is 0.177 e. The summed E-state index contributed by atoms with van der Waals surface area (Å²) in [5.74, 6) is -0.490. The van der Waals surface area contributed by atoms with E-state index in [-0.39, 0.29) is 16.6 Å². The number of ketones is 1. The van der Waals surface area contributed by atoms with Crippen LogP contribution in [-0.2, 0) is 10.8 Å². The van der Waals surface area contributed by atoms with Gasteiger partial charge in [-0.05, 0) is 30.3 Å². The second-order valence-corrected chi connectivity index (χ2v) is 6.64. The number of halogens is 3. The molecule has 0 saturated carbocycles. The fourth-order valence-corrected chi connectivity index (χ4v) is 3.59. The van der Waals surface area contributed by atoms with Gasteiger partial charge >= 0.3 is 0 Å². The van der Waals surface area contributed by atoms with Gasteiger partial charge in [-0.1, -0.05) is 46.9 Å². The summed E-state index contributed by atoms with van der Waals surface area (Å²) in [5.41, 5.74) is 0.302. The number of benzene rings is 2. The Hall–Kier alpha value is -0.870. The van der Waals surface area contributed by atoms with E-state index in [1.54, 1.807) is 30.3 Å². The van der Waals surface area contributed by atoms with Crippen molar-refractivity contribution in [1.29, 1.82) is 0 Å². The number of hydrogen-bond donors (Lipinski definition) is 0. The first-order valence-corrected chi connectivity index (χ1v) is 8.05. The van der Waals surface area contributed by atoms with Crippen LogP contribution in [0.1, 0.15) is 10.4 Å². The lowest BCUT2D eigenvalue weighted by atomic mass is 10.1. The molecule has 0 spiro atoms. The number of rotatable bonds is 4. The van der Waals surface area contributed by atoms with E-state index in [4.69, 9.17) is 34.8 Å². The minimum atomic E-state index is -1.51. The zero-order chi connectivity index (χ0) is 14.7. The van der Waals surface area contributed by atoms with Crippen LogP contribution in [0.25, 0.3) is 0 Å². The third kappa shape index (κ3) is 3.61. The zero-order valence-corrected chi connectivity index (χ0v) is 13.2. The molecule has 1 atom stereocenters. The van der Waals surface area contributed by atoms with Gasteiger partial charge in [0.15, 0.2) is 5.78 Å². The average molecular weight is 348 g/mol. The third-order valence-corrected chi connectivity index (χ3v) is 4.94. The van der Waals surface area contributed by atoms with Crippen molar-refractivity contribution in [3.63, 3.8) is 0 Å². The minimum Gasteiger partial charge on any atom is -0.293 e. The van der Waals surface area contributed by atoms with E-state index in [0.29, 0.717) is 20.5 Å². The fourth-order valence-electron chi connectivity index (χ4n) is 1.62. The largest absolute Gasteiger partial charge is 0.293 e. The van der Waals surface area contributed by atoms with Crippen LogP contribution in [0.5, 0.6) is 0 Å². The molecule has 0 aliphatic heterocycles. The normalized spacial score (nSPS) is 12.2. The minimum absolute atomic E-state index is 0.176. The molecule has 2 aromatic rings. The van der Waals surface area contributed by atoms with Crippen molar-refractivity contribution in [3.05, 3.63) is 63.1 Å². The Kier molecular flexibility index (Phi) is 5.22. The number of carbonyl (C=O) groups is 1. The van der Waals surface area contributed by atoms with Gasteiger partial charge in [-0.15, -0.1) is 0 Å². The summed E-state index contributed by atoms with van der Waals surface area (Å²) in [4.78, 5) is 12.5. The highest BCUT2D eigenvalue weighted by atomic mass is 35.5. The molecule has 0 aromatic heterocycles. The first-order valence-electron chi connectivity index (χ1n) is 5.60. The molecule has 0 fully saturated rings. The van der Waals surface area contributed by atoms with Crippen molar-refractivity contribution < 1.29 is 9.00 Å². The summed E-state index contributed by atoms with van der Waals surface area (Å²) < 4.78 is 12.2. The summed E-state index contributed by atoms with van der Waals surface area (Å²) in [5, 5.41) is 1.07. The number of carbonyl (C=O) groups excluding carboxylic acids is 1. The fraction of sp³-hybridized carbons (Fsp3) is 0.0714. The van der Waals surface area contributed by atoms with Crippen molar-refractivity contribution in [2.75, 3.05) is 5.75 Å². The molecule has 104 valence electrons. The Morgan fingerprint density at radius 3 is 2.35 bits per heavy atom. The van der Waals surface area contributed by atoms with Crippen molar-refractivity contribution in [2.45, 2.75) is 4.90 Å². The van der Waals surface area contributed by atoms with Crippen LogP contribution in [0.2, 0.25) is 15.1 Å². The van der Waals surface area contributed by atoms with Crippen LogP contribution in [0.4, 0.5) is 0 Å². The van der Waals surface area contributed by atoms with Gasteiger partial charge in [0.05, 0.1) is 31.5 Å². The van der Waals surface area contributed by atoms with Gasteiger partial charge in [-0.3, -0.25) is 9.00 Å². The second-order valence-electron chi connectivity index (χ2n) is 3.97. The Labute approximate surface area is 134 Å². The molecule has 6 heteroatoms. The highest BCUT2D eigenvalue weighted by Gasteiger charge is 2.16. The molecule has 0 aliphatic carbocycles. The smallest absolute Gasteiger partial charge is 0.177 e. The van der Waals surface area contributed by atoms with E-state index in [1.165, 1.54) is 12.1 Å². The summed E-state index contributed by atoms with van der Waals surface area (Å²) in [6.45, 7) is 0. The Morgan fingerprint density at radius 1 is 1.00 bits per heavy atom. The Bertz CT molecular complexity index is 686. The van der Waals surface area contributed by atoms with Crippen LogP contribution >= 0.6 is 34.8 Å². The van der Waals surface area contributed by atoms with E-state index in [9.17, 15) is 9.00 Å². The van der Waals surface area contributed by atoms with Crippen LogP contribution in [0.3, 0.4) is 0 Å². The van der Waals surface area contributed by atoms with Gasteiger partial charge in [-0.2, -0.15) is 0 Å². The first-order chi connectivity index (χ1) is 9.49. The highest BCUT2D eigenvalue weighted by Crippen LogP contribution is 2.23. The van der Waals surface area contributed by atoms with Crippen LogP contribution in [-0.4, -0.2) is 15.7 Å². The average Bonchev–Trinajstić information content (AvgIpc) is 2.38. The van der Waals surface area contributed by atoms with E-state index < -0.39 is 10.8 Å². The number of hydrogen-bond acceptors (Lipinski definition) is 2. The predicted octanol–water partition coefficient (Wildman–Crippen LogP) is 4.64. The lowest BCUT2D eigenvalue weighted by Gasteiger charge is -2.06. The van der Waals surface area contributed by atoms with Crippen molar-refractivity contribution in [2.24, 2.45) is 0 Å². The monoisotopic (exact) mass is 346 g/mol. The van der Waals surface area contributed by atoms with E-state index in [2.05, 4.69) is 0 Å². The molecular formula is C14H9Cl3O2S. The highest BCUT2D eigenvalue weighted by molar-refractivity contribution is 7.86. The maximum atomic E-state index is 12.2. The first kappa shape index (κ1) is 15.5. The summed E-state index contributed by atoms with van der Waals surface area (Å²) >= 11 is 17.7. The molecule has 0 amide bonds. The molecule has 0 N–H and O–H groups in total.